The fraction of sp³-hybridized carbons (Fsp3) is 0.467. The number of anilines is 2. The molecule has 0 aromatic heterocycles. The van der Waals surface area contributed by atoms with Gasteiger partial charge in [0.05, 0.1) is 6.54 Å². The number of nitrogens with zero attached hydrogens (tertiary/aromatic N) is 1. The van der Waals surface area contributed by atoms with Gasteiger partial charge >= 0.3 is 0 Å². The van der Waals surface area contributed by atoms with Crippen molar-refractivity contribution in [3.8, 4) is 0 Å². The number of carbonyl (C=O) groups is 2. The van der Waals surface area contributed by atoms with Crippen LogP contribution in [0.5, 0.6) is 0 Å². The fourth-order valence-electron chi connectivity index (χ4n) is 2.44. The minimum atomic E-state index is -0.179. The van der Waals surface area contributed by atoms with E-state index in [2.05, 4.69) is 5.32 Å². The number of nitrogens with two attached hydrogens (primary N) is 1. The maximum absolute atomic E-state index is 12.1. The number of amides is 2. The lowest BCUT2D eigenvalue weighted by Gasteiger charge is -2.30. The van der Waals surface area contributed by atoms with Crippen LogP contribution in [0.4, 0.5) is 11.4 Å². The molecule has 0 aliphatic carbocycles. The molecule has 1 saturated heterocycles. The molecule has 1 heterocycles. The van der Waals surface area contributed by atoms with E-state index in [-0.39, 0.29) is 24.3 Å². The van der Waals surface area contributed by atoms with E-state index < -0.39 is 0 Å². The fourth-order valence-corrected chi connectivity index (χ4v) is 2.44. The Morgan fingerprint density at radius 1 is 1.50 bits per heavy atom. The van der Waals surface area contributed by atoms with Crippen LogP contribution in [0.3, 0.4) is 0 Å². The van der Waals surface area contributed by atoms with E-state index in [4.69, 9.17) is 5.73 Å². The van der Waals surface area contributed by atoms with Gasteiger partial charge in [0, 0.05) is 23.8 Å². The lowest BCUT2D eigenvalue weighted by Crippen LogP contribution is -2.44. The van der Waals surface area contributed by atoms with E-state index in [1.165, 1.54) is 0 Å². The van der Waals surface area contributed by atoms with Gasteiger partial charge in [-0.1, -0.05) is 13.0 Å². The van der Waals surface area contributed by atoms with Gasteiger partial charge in [0.15, 0.2) is 0 Å². The Labute approximate surface area is 119 Å². The molecule has 108 valence electrons. The second-order valence-corrected chi connectivity index (χ2v) is 5.37. The van der Waals surface area contributed by atoms with Crippen LogP contribution in [0.15, 0.2) is 18.2 Å². The van der Waals surface area contributed by atoms with Crippen LogP contribution in [0, 0.1) is 12.8 Å². The molecule has 1 aromatic rings. The van der Waals surface area contributed by atoms with E-state index in [0.717, 1.165) is 18.4 Å². The molecule has 1 unspecified atom stereocenters. The number of nitrogens with one attached hydrogen (secondary N) is 1. The summed E-state index contributed by atoms with van der Waals surface area (Å²) in [5.74, 6) is -0.0949. The Balaban J connectivity index is 1.99. The minimum absolute atomic E-state index is 0.0191. The lowest BCUT2D eigenvalue weighted by molar-refractivity contribution is -0.140. The number of likely N-dealkylation sites (tertiary alicyclic amines) is 1. The van der Waals surface area contributed by atoms with Gasteiger partial charge in [0.25, 0.3) is 0 Å². The third-order valence-corrected chi connectivity index (χ3v) is 3.78. The predicted molar refractivity (Wildman–Crippen MR) is 79.2 cm³/mol. The Morgan fingerprint density at radius 3 is 3.00 bits per heavy atom. The highest BCUT2D eigenvalue weighted by molar-refractivity contribution is 5.96. The van der Waals surface area contributed by atoms with Gasteiger partial charge in [0.2, 0.25) is 11.8 Å². The van der Waals surface area contributed by atoms with Crippen LogP contribution in [0.2, 0.25) is 0 Å². The minimum Gasteiger partial charge on any atom is -0.398 e. The van der Waals surface area contributed by atoms with Crippen LogP contribution in [0.1, 0.15) is 25.3 Å². The lowest BCUT2D eigenvalue weighted by atomic mass is 9.99. The maximum atomic E-state index is 12.1. The molecule has 5 nitrogen and oxygen atoms in total. The normalized spacial score (nSPS) is 19.0. The molecule has 1 aliphatic heterocycles. The second kappa shape index (κ2) is 5.94. The number of hydrogen-bond acceptors (Lipinski definition) is 3. The number of hydrogen-bond donors (Lipinski definition) is 2. The van der Waals surface area contributed by atoms with Crippen LogP contribution >= 0.6 is 0 Å². The van der Waals surface area contributed by atoms with Crippen molar-refractivity contribution >= 4 is 23.2 Å². The van der Waals surface area contributed by atoms with E-state index in [1.54, 1.807) is 17.0 Å². The topological polar surface area (TPSA) is 75.4 Å². The molecular formula is C15H21N3O2. The van der Waals surface area contributed by atoms with Gasteiger partial charge in [-0.25, -0.2) is 0 Å². The van der Waals surface area contributed by atoms with Crippen molar-refractivity contribution in [2.75, 3.05) is 24.1 Å². The summed E-state index contributed by atoms with van der Waals surface area (Å²) in [5, 5.41) is 2.82. The predicted octanol–water partition coefficient (Wildman–Crippen LogP) is 1.77. The molecule has 0 saturated carbocycles. The molecule has 3 N–H and O–H groups in total. The molecule has 0 radical (unpaired) electrons. The first-order valence-corrected chi connectivity index (χ1v) is 6.92. The Morgan fingerprint density at radius 2 is 2.25 bits per heavy atom. The monoisotopic (exact) mass is 275 g/mol. The number of nitrogen functional groups attached to an aromatic ring is 1. The highest BCUT2D eigenvalue weighted by Gasteiger charge is 2.26. The summed E-state index contributed by atoms with van der Waals surface area (Å²) in [6.45, 7) is 4.54. The van der Waals surface area contributed by atoms with Crippen LogP contribution in [-0.2, 0) is 9.59 Å². The van der Waals surface area contributed by atoms with Crippen LogP contribution < -0.4 is 11.1 Å². The molecule has 1 atom stereocenters. The van der Waals surface area contributed by atoms with Crippen molar-refractivity contribution in [3.05, 3.63) is 23.8 Å². The highest BCUT2D eigenvalue weighted by Crippen LogP contribution is 2.21. The summed E-state index contributed by atoms with van der Waals surface area (Å²) in [4.78, 5) is 25.6. The van der Waals surface area contributed by atoms with Crippen molar-refractivity contribution in [2.45, 2.75) is 26.7 Å². The molecule has 20 heavy (non-hydrogen) atoms. The van der Waals surface area contributed by atoms with Gasteiger partial charge < -0.3 is 16.0 Å². The molecular weight excluding hydrogens is 254 g/mol. The standard InChI is InChI=1S/C15H21N3O2/c1-10-5-4-8-18(15(10)20)9-14(19)17-13-7-3-6-12(16)11(13)2/h3,6-7,10H,4-5,8-9,16H2,1-2H3,(H,17,19). The average molecular weight is 275 g/mol. The van der Waals surface area contributed by atoms with Gasteiger partial charge in [-0.2, -0.15) is 0 Å². The van der Waals surface area contributed by atoms with Crippen molar-refractivity contribution in [2.24, 2.45) is 5.92 Å². The summed E-state index contributed by atoms with van der Waals surface area (Å²) < 4.78 is 0. The van der Waals surface area contributed by atoms with E-state index >= 15 is 0 Å². The number of benzene rings is 1. The molecule has 1 aliphatic rings. The second-order valence-electron chi connectivity index (χ2n) is 5.37. The molecule has 1 aromatic carbocycles. The van der Waals surface area contributed by atoms with Gasteiger partial charge in [-0.15, -0.1) is 0 Å². The average Bonchev–Trinajstić information content (AvgIpc) is 2.40. The summed E-state index contributed by atoms with van der Waals surface area (Å²) in [7, 11) is 0. The largest absolute Gasteiger partial charge is 0.398 e. The number of rotatable bonds is 3. The third kappa shape index (κ3) is 3.10. The Bertz CT molecular complexity index is 528. The Hall–Kier alpha value is -2.04. The van der Waals surface area contributed by atoms with Crippen LogP contribution in [-0.4, -0.2) is 29.8 Å². The van der Waals surface area contributed by atoms with Crippen molar-refractivity contribution in [3.63, 3.8) is 0 Å². The summed E-state index contributed by atoms with van der Waals surface area (Å²) in [6, 6.07) is 5.40. The van der Waals surface area contributed by atoms with E-state index in [0.29, 0.717) is 17.9 Å². The van der Waals surface area contributed by atoms with Gasteiger partial charge in [-0.3, -0.25) is 9.59 Å². The van der Waals surface area contributed by atoms with Crippen molar-refractivity contribution < 1.29 is 9.59 Å². The first-order chi connectivity index (χ1) is 9.49. The summed E-state index contributed by atoms with van der Waals surface area (Å²) in [5.41, 5.74) is 8.00. The zero-order chi connectivity index (χ0) is 14.7. The first-order valence-electron chi connectivity index (χ1n) is 6.92. The summed E-state index contributed by atoms with van der Waals surface area (Å²) in [6.07, 6.45) is 1.86. The molecule has 2 rings (SSSR count). The molecule has 5 heteroatoms. The smallest absolute Gasteiger partial charge is 0.244 e. The molecule has 0 spiro atoms. The van der Waals surface area contributed by atoms with Gasteiger partial charge in [0.1, 0.15) is 0 Å². The van der Waals surface area contributed by atoms with Crippen molar-refractivity contribution in [1.29, 1.82) is 0 Å². The highest BCUT2D eigenvalue weighted by atomic mass is 16.2. The zero-order valence-corrected chi connectivity index (χ0v) is 12.0. The zero-order valence-electron chi connectivity index (χ0n) is 12.0. The summed E-state index contributed by atoms with van der Waals surface area (Å²) >= 11 is 0. The molecule has 0 bridgehead atoms. The molecule has 2 amide bonds. The number of carbonyl (C=O) groups excluding carboxylic acids is 2. The quantitative estimate of drug-likeness (QED) is 0.826. The first kappa shape index (κ1) is 14.4. The van der Waals surface area contributed by atoms with E-state index in [1.807, 2.05) is 19.9 Å². The Kier molecular flexibility index (Phi) is 4.27. The molecule has 1 fully saturated rings. The van der Waals surface area contributed by atoms with E-state index in [9.17, 15) is 9.59 Å². The third-order valence-electron chi connectivity index (χ3n) is 3.78. The van der Waals surface area contributed by atoms with Crippen molar-refractivity contribution in [1.82, 2.24) is 4.90 Å². The number of piperidine rings is 1. The maximum Gasteiger partial charge on any atom is 0.244 e. The SMILES string of the molecule is Cc1c(N)cccc1NC(=O)CN1CCCC(C)C1=O. The van der Waals surface area contributed by atoms with Gasteiger partial charge in [-0.05, 0) is 37.5 Å². The van der Waals surface area contributed by atoms with Crippen LogP contribution in [0.25, 0.3) is 0 Å².